The van der Waals surface area contributed by atoms with Gasteiger partial charge in [-0.2, -0.15) is 0 Å². The minimum absolute atomic E-state index is 0.0454. The van der Waals surface area contributed by atoms with Gasteiger partial charge >= 0.3 is 6.03 Å². The lowest BCUT2D eigenvalue weighted by molar-refractivity contribution is -0.129. The zero-order valence-electron chi connectivity index (χ0n) is 14.3. The smallest absolute Gasteiger partial charge is 0.324 e. The first-order chi connectivity index (χ1) is 12.1. The number of hydrogen-bond donors (Lipinski definition) is 1. The first-order valence-electron chi connectivity index (χ1n) is 8.42. The van der Waals surface area contributed by atoms with Crippen molar-refractivity contribution in [3.63, 3.8) is 0 Å². The monoisotopic (exact) mass is 338 g/mol. The summed E-state index contributed by atoms with van der Waals surface area (Å²) in [4.78, 5) is 32.1. The molecule has 1 aromatic heterocycles. The molecule has 0 saturated carbocycles. The van der Waals surface area contributed by atoms with Gasteiger partial charge in [0.05, 0.1) is 18.3 Å². The number of carbonyl (C=O) groups excluding carboxylic acids is 2. The SMILES string of the molecule is C[C@@H](c1ccccn1)N(CC(=O)N1CCNC1=O)Cc1ccccc1. The molecule has 2 heterocycles. The molecule has 2 aromatic rings. The summed E-state index contributed by atoms with van der Waals surface area (Å²) in [5.41, 5.74) is 2.01. The van der Waals surface area contributed by atoms with Crippen molar-refractivity contribution in [2.24, 2.45) is 0 Å². The van der Waals surface area contributed by atoms with Crippen LogP contribution in [0.3, 0.4) is 0 Å². The van der Waals surface area contributed by atoms with E-state index in [9.17, 15) is 9.59 Å². The van der Waals surface area contributed by atoms with Gasteiger partial charge in [0.25, 0.3) is 0 Å². The molecule has 1 atom stereocenters. The summed E-state index contributed by atoms with van der Waals surface area (Å²) in [7, 11) is 0. The Balaban J connectivity index is 1.78. The number of amides is 3. The highest BCUT2D eigenvalue weighted by atomic mass is 16.2. The molecule has 0 radical (unpaired) electrons. The average Bonchev–Trinajstić information content (AvgIpc) is 3.08. The summed E-state index contributed by atoms with van der Waals surface area (Å²) >= 11 is 0. The van der Waals surface area contributed by atoms with Crippen LogP contribution >= 0.6 is 0 Å². The van der Waals surface area contributed by atoms with Crippen LogP contribution < -0.4 is 5.32 Å². The van der Waals surface area contributed by atoms with Gasteiger partial charge in [-0.1, -0.05) is 36.4 Å². The fourth-order valence-corrected chi connectivity index (χ4v) is 2.93. The van der Waals surface area contributed by atoms with Crippen LogP contribution in [-0.4, -0.2) is 46.4 Å². The lowest BCUT2D eigenvalue weighted by Crippen LogP contribution is -2.42. The number of nitrogens with zero attached hydrogens (tertiary/aromatic N) is 3. The molecule has 130 valence electrons. The number of carbonyl (C=O) groups is 2. The summed E-state index contributed by atoms with van der Waals surface area (Å²) in [6, 6.07) is 15.4. The zero-order chi connectivity index (χ0) is 17.6. The van der Waals surface area contributed by atoms with Gasteiger partial charge in [-0.3, -0.25) is 19.6 Å². The largest absolute Gasteiger partial charge is 0.336 e. The van der Waals surface area contributed by atoms with Crippen molar-refractivity contribution < 1.29 is 9.59 Å². The minimum Gasteiger partial charge on any atom is -0.336 e. The van der Waals surface area contributed by atoms with Crippen molar-refractivity contribution in [3.05, 3.63) is 66.0 Å². The van der Waals surface area contributed by atoms with Crippen LogP contribution in [-0.2, 0) is 11.3 Å². The van der Waals surface area contributed by atoms with E-state index >= 15 is 0 Å². The molecular weight excluding hydrogens is 316 g/mol. The number of rotatable bonds is 6. The Morgan fingerprint density at radius 3 is 2.64 bits per heavy atom. The number of benzene rings is 1. The predicted octanol–water partition coefficient (Wildman–Crippen LogP) is 2.20. The molecule has 6 nitrogen and oxygen atoms in total. The Kier molecular flexibility index (Phi) is 5.40. The number of imide groups is 1. The Labute approximate surface area is 147 Å². The molecule has 1 saturated heterocycles. The lowest BCUT2D eigenvalue weighted by Gasteiger charge is -2.29. The van der Waals surface area contributed by atoms with Crippen LogP contribution in [0, 0.1) is 0 Å². The molecule has 1 aromatic carbocycles. The number of nitrogens with one attached hydrogen (secondary N) is 1. The molecule has 0 aliphatic carbocycles. The van der Waals surface area contributed by atoms with Crippen LogP contribution in [0.2, 0.25) is 0 Å². The minimum atomic E-state index is -0.310. The van der Waals surface area contributed by atoms with E-state index in [4.69, 9.17) is 0 Å². The molecule has 1 aliphatic rings. The summed E-state index contributed by atoms with van der Waals surface area (Å²) in [6.07, 6.45) is 1.75. The number of pyridine rings is 1. The Morgan fingerprint density at radius 1 is 1.24 bits per heavy atom. The van der Waals surface area contributed by atoms with Crippen molar-refractivity contribution in [1.29, 1.82) is 0 Å². The van der Waals surface area contributed by atoms with Gasteiger partial charge in [-0.05, 0) is 24.6 Å². The van der Waals surface area contributed by atoms with E-state index in [1.54, 1.807) is 6.20 Å². The van der Waals surface area contributed by atoms with Gasteiger partial charge in [0.2, 0.25) is 5.91 Å². The van der Waals surface area contributed by atoms with Gasteiger partial charge in [0.15, 0.2) is 0 Å². The van der Waals surface area contributed by atoms with Crippen LogP contribution in [0.1, 0.15) is 24.2 Å². The quantitative estimate of drug-likeness (QED) is 0.877. The third kappa shape index (κ3) is 4.22. The van der Waals surface area contributed by atoms with Gasteiger partial charge in [-0.25, -0.2) is 4.79 Å². The Bertz CT molecular complexity index is 721. The van der Waals surface area contributed by atoms with Crippen molar-refractivity contribution >= 4 is 11.9 Å². The molecule has 1 fully saturated rings. The third-order valence-electron chi connectivity index (χ3n) is 4.39. The average molecular weight is 338 g/mol. The Morgan fingerprint density at radius 2 is 2.00 bits per heavy atom. The van der Waals surface area contributed by atoms with E-state index in [0.717, 1.165) is 11.3 Å². The number of urea groups is 1. The molecule has 1 aliphatic heterocycles. The van der Waals surface area contributed by atoms with Crippen LogP contribution in [0.5, 0.6) is 0 Å². The number of aromatic nitrogens is 1. The fraction of sp³-hybridized carbons (Fsp3) is 0.316. The Hall–Kier alpha value is -2.73. The highest BCUT2D eigenvalue weighted by molar-refractivity contribution is 5.96. The fourth-order valence-electron chi connectivity index (χ4n) is 2.93. The highest BCUT2D eigenvalue weighted by Crippen LogP contribution is 2.21. The molecule has 0 spiro atoms. The van der Waals surface area contributed by atoms with Crippen LogP contribution in [0.25, 0.3) is 0 Å². The van der Waals surface area contributed by atoms with Gasteiger partial charge in [-0.15, -0.1) is 0 Å². The molecular formula is C19H22N4O2. The first-order valence-corrected chi connectivity index (χ1v) is 8.42. The van der Waals surface area contributed by atoms with Gasteiger partial charge < -0.3 is 5.32 Å². The summed E-state index contributed by atoms with van der Waals surface area (Å²) < 4.78 is 0. The van der Waals surface area contributed by atoms with Crippen molar-refractivity contribution in [2.75, 3.05) is 19.6 Å². The van der Waals surface area contributed by atoms with Gasteiger partial charge in [0.1, 0.15) is 0 Å². The van der Waals surface area contributed by atoms with E-state index in [1.807, 2.05) is 60.4 Å². The van der Waals surface area contributed by atoms with Crippen LogP contribution in [0.4, 0.5) is 4.79 Å². The summed E-state index contributed by atoms with van der Waals surface area (Å²) in [5, 5.41) is 2.67. The van der Waals surface area contributed by atoms with E-state index in [-0.39, 0.29) is 24.5 Å². The van der Waals surface area contributed by atoms with Crippen molar-refractivity contribution in [1.82, 2.24) is 20.1 Å². The maximum atomic E-state index is 12.6. The first kappa shape index (κ1) is 17.1. The van der Waals surface area contributed by atoms with E-state index in [1.165, 1.54) is 4.90 Å². The third-order valence-corrected chi connectivity index (χ3v) is 4.39. The highest BCUT2D eigenvalue weighted by Gasteiger charge is 2.29. The normalized spacial score (nSPS) is 15.3. The molecule has 25 heavy (non-hydrogen) atoms. The second-order valence-electron chi connectivity index (χ2n) is 6.10. The maximum absolute atomic E-state index is 12.6. The predicted molar refractivity (Wildman–Crippen MR) is 94.6 cm³/mol. The topological polar surface area (TPSA) is 65.5 Å². The van der Waals surface area contributed by atoms with Crippen LogP contribution in [0.15, 0.2) is 54.7 Å². The molecule has 3 rings (SSSR count). The van der Waals surface area contributed by atoms with E-state index < -0.39 is 0 Å². The molecule has 3 amide bonds. The lowest BCUT2D eigenvalue weighted by atomic mass is 10.1. The van der Waals surface area contributed by atoms with Crippen molar-refractivity contribution in [2.45, 2.75) is 19.5 Å². The zero-order valence-corrected chi connectivity index (χ0v) is 14.3. The maximum Gasteiger partial charge on any atom is 0.324 e. The summed E-state index contributed by atoms with van der Waals surface area (Å²) in [5.74, 6) is -0.186. The van der Waals surface area contributed by atoms with Gasteiger partial charge in [0, 0.05) is 25.8 Å². The number of hydrogen-bond acceptors (Lipinski definition) is 4. The summed E-state index contributed by atoms with van der Waals surface area (Å²) in [6.45, 7) is 3.75. The molecule has 1 N–H and O–H groups in total. The second kappa shape index (κ2) is 7.90. The van der Waals surface area contributed by atoms with E-state index in [2.05, 4.69) is 10.3 Å². The standard InChI is InChI=1S/C19H22N4O2/c1-15(17-9-5-6-10-20-17)22(13-16-7-3-2-4-8-16)14-18(24)23-12-11-21-19(23)25/h2-10,15H,11-14H2,1H3,(H,21,25)/t15-/m0/s1. The molecule has 0 bridgehead atoms. The van der Waals surface area contributed by atoms with E-state index in [0.29, 0.717) is 19.6 Å². The molecule has 0 unspecified atom stereocenters. The second-order valence-corrected chi connectivity index (χ2v) is 6.10. The van der Waals surface area contributed by atoms with Crippen molar-refractivity contribution in [3.8, 4) is 0 Å². The molecule has 6 heteroatoms.